The van der Waals surface area contributed by atoms with Crippen LogP contribution in [0, 0.1) is 6.92 Å². The van der Waals surface area contributed by atoms with Gasteiger partial charge in [-0.25, -0.2) is 4.79 Å². The van der Waals surface area contributed by atoms with Gasteiger partial charge in [-0.3, -0.25) is 9.36 Å². The minimum Gasteiger partial charge on any atom is -0.465 e. The molecule has 2 aromatic carbocycles. The van der Waals surface area contributed by atoms with Crippen LogP contribution in [0.3, 0.4) is 0 Å². The first kappa shape index (κ1) is 17.3. The van der Waals surface area contributed by atoms with E-state index in [4.69, 9.17) is 4.74 Å². The molecule has 1 aromatic heterocycles. The van der Waals surface area contributed by atoms with E-state index < -0.39 is 5.97 Å². The number of para-hydroxylation sites is 1. The Morgan fingerprint density at radius 3 is 2.44 bits per heavy atom. The number of hydrogen-bond acceptors (Lipinski definition) is 4. The predicted octanol–water partition coefficient (Wildman–Crippen LogP) is 4.56. The average Bonchev–Trinajstić information content (AvgIpc) is 3.02. The fraction of sp³-hybridized carbons (Fsp3) is 0.200. The van der Waals surface area contributed by atoms with E-state index in [1.807, 2.05) is 62.4 Å². The Labute approximate surface area is 150 Å². The van der Waals surface area contributed by atoms with Gasteiger partial charge in [0.2, 0.25) is 5.91 Å². The van der Waals surface area contributed by atoms with Crippen LogP contribution in [0.2, 0.25) is 0 Å². The zero-order valence-electron chi connectivity index (χ0n) is 14.4. The van der Waals surface area contributed by atoms with Crippen molar-refractivity contribution in [1.82, 2.24) is 4.57 Å². The molecule has 0 saturated carbocycles. The fourth-order valence-electron chi connectivity index (χ4n) is 2.70. The van der Waals surface area contributed by atoms with E-state index in [-0.39, 0.29) is 11.2 Å². The summed E-state index contributed by atoms with van der Waals surface area (Å²) < 4.78 is 6.39. The van der Waals surface area contributed by atoms with Crippen molar-refractivity contribution in [3.8, 4) is 0 Å². The number of aryl methyl sites for hydroxylation is 1. The van der Waals surface area contributed by atoms with Crippen molar-refractivity contribution in [3.05, 3.63) is 65.9 Å². The molecule has 3 aromatic rings. The Morgan fingerprint density at radius 1 is 1.08 bits per heavy atom. The summed E-state index contributed by atoms with van der Waals surface area (Å²) in [6, 6.07) is 15.4. The average molecular weight is 353 g/mol. The number of hydrogen-bond donors (Lipinski definition) is 0. The molecular weight excluding hydrogens is 334 g/mol. The van der Waals surface area contributed by atoms with E-state index in [1.54, 1.807) is 10.8 Å². The molecule has 0 fully saturated rings. The van der Waals surface area contributed by atoms with Crippen LogP contribution in [0.15, 0.2) is 59.6 Å². The van der Waals surface area contributed by atoms with Gasteiger partial charge in [0.15, 0.2) is 0 Å². The van der Waals surface area contributed by atoms with Crippen LogP contribution >= 0.6 is 11.8 Å². The SMILES string of the molecule is COC(=O)c1cn(C(=O)[C@@H](C)Sc2ccc(C)cc2)c2ccccc12. The number of thioether (sulfide) groups is 1. The van der Waals surface area contributed by atoms with Crippen molar-refractivity contribution >= 4 is 34.5 Å². The Balaban J connectivity index is 1.93. The number of carbonyl (C=O) groups is 2. The van der Waals surface area contributed by atoms with Crippen LogP contribution in [0.4, 0.5) is 0 Å². The molecule has 0 N–H and O–H groups in total. The van der Waals surface area contributed by atoms with Crippen molar-refractivity contribution in [2.24, 2.45) is 0 Å². The van der Waals surface area contributed by atoms with Gasteiger partial charge in [-0.15, -0.1) is 11.8 Å². The molecule has 128 valence electrons. The lowest BCUT2D eigenvalue weighted by Gasteiger charge is -2.12. The Morgan fingerprint density at radius 2 is 1.76 bits per heavy atom. The van der Waals surface area contributed by atoms with Gasteiger partial charge in [0.05, 0.1) is 23.4 Å². The van der Waals surface area contributed by atoms with E-state index in [2.05, 4.69) is 0 Å². The van der Waals surface area contributed by atoms with Crippen LogP contribution in [0.1, 0.15) is 27.6 Å². The molecule has 0 amide bonds. The van der Waals surface area contributed by atoms with Crippen molar-refractivity contribution in [3.63, 3.8) is 0 Å². The highest BCUT2D eigenvalue weighted by molar-refractivity contribution is 8.00. The number of aromatic nitrogens is 1. The quantitative estimate of drug-likeness (QED) is 0.510. The molecule has 0 unspecified atom stereocenters. The van der Waals surface area contributed by atoms with E-state index in [0.717, 1.165) is 10.3 Å². The predicted molar refractivity (Wildman–Crippen MR) is 100 cm³/mol. The van der Waals surface area contributed by atoms with Crippen LogP contribution in [-0.2, 0) is 4.74 Å². The summed E-state index contributed by atoms with van der Waals surface area (Å²) in [5.74, 6) is -0.515. The minimum absolute atomic E-state index is 0.0723. The number of fused-ring (bicyclic) bond motifs is 1. The molecule has 0 aliphatic carbocycles. The monoisotopic (exact) mass is 353 g/mol. The van der Waals surface area contributed by atoms with Crippen LogP contribution in [-0.4, -0.2) is 28.8 Å². The number of ether oxygens (including phenoxy) is 1. The number of rotatable bonds is 4. The molecule has 0 bridgehead atoms. The molecule has 4 nitrogen and oxygen atoms in total. The molecule has 1 atom stereocenters. The lowest BCUT2D eigenvalue weighted by Crippen LogP contribution is -2.20. The number of benzene rings is 2. The smallest absolute Gasteiger partial charge is 0.340 e. The summed E-state index contributed by atoms with van der Waals surface area (Å²) in [5.41, 5.74) is 2.30. The normalized spacial score (nSPS) is 12.1. The molecule has 5 heteroatoms. The zero-order chi connectivity index (χ0) is 18.0. The van der Waals surface area contributed by atoms with Gasteiger partial charge < -0.3 is 4.74 Å². The number of carbonyl (C=O) groups excluding carboxylic acids is 2. The Hall–Kier alpha value is -2.53. The minimum atomic E-state index is -0.443. The first-order valence-electron chi connectivity index (χ1n) is 7.97. The topological polar surface area (TPSA) is 48.3 Å². The summed E-state index contributed by atoms with van der Waals surface area (Å²) in [4.78, 5) is 26.0. The van der Waals surface area contributed by atoms with Gasteiger partial charge in [-0.05, 0) is 32.0 Å². The lowest BCUT2D eigenvalue weighted by molar-refractivity contribution is 0.0603. The molecule has 1 heterocycles. The van der Waals surface area contributed by atoms with Crippen LogP contribution < -0.4 is 0 Å². The van der Waals surface area contributed by atoms with Crippen molar-refractivity contribution in [2.75, 3.05) is 7.11 Å². The van der Waals surface area contributed by atoms with Crippen LogP contribution in [0.25, 0.3) is 10.9 Å². The third kappa shape index (κ3) is 3.46. The second-order valence-corrected chi connectivity index (χ2v) is 7.25. The largest absolute Gasteiger partial charge is 0.465 e. The maximum atomic E-state index is 12.9. The number of methoxy groups -OCH3 is 1. The van der Waals surface area contributed by atoms with Crippen LogP contribution in [0.5, 0.6) is 0 Å². The highest BCUT2D eigenvalue weighted by Crippen LogP contribution is 2.28. The van der Waals surface area contributed by atoms with Gasteiger partial charge in [-0.2, -0.15) is 0 Å². The maximum absolute atomic E-state index is 12.9. The molecule has 0 saturated heterocycles. The Kier molecular flexibility index (Phi) is 4.95. The number of esters is 1. The third-order valence-corrected chi connectivity index (χ3v) is 5.14. The summed E-state index contributed by atoms with van der Waals surface area (Å²) in [6.07, 6.45) is 1.57. The summed E-state index contributed by atoms with van der Waals surface area (Å²) in [6.45, 7) is 3.91. The van der Waals surface area contributed by atoms with Gasteiger partial charge in [-0.1, -0.05) is 35.9 Å². The van der Waals surface area contributed by atoms with Crippen molar-refractivity contribution in [1.29, 1.82) is 0 Å². The third-order valence-electron chi connectivity index (χ3n) is 4.04. The molecule has 25 heavy (non-hydrogen) atoms. The van der Waals surface area contributed by atoms with Gasteiger partial charge in [0, 0.05) is 16.5 Å². The Bertz CT molecular complexity index is 928. The van der Waals surface area contributed by atoms with Crippen molar-refractivity contribution < 1.29 is 14.3 Å². The maximum Gasteiger partial charge on any atom is 0.340 e. The van der Waals surface area contributed by atoms with Crippen molar-refractivity contribution in [2.45, 2.75) is 24.0 Å². The molecule has 0 radical (unpaired) electrons. The van der Waals surface area contributed by atoms with Gasteiger partial charge in [0.1, 0.15) is 0 Å². The summed E-state index contributed by atoms with van der Waals surface area (Å²) >= 11 is 1.50. The molecule has 0 aliphatic heterocycles. The first-order valence-corrected chi connectivity index (χ1v) is 8.85. The number of nitrogens with zero attached hydrogens (tertiary/aromatic N) is 1. The van der Waals surface area contributed by atoms with E-state index in [1.165, 1.54) is 24.4 Å². The second kappa shape index (κ2) is 7.15. The van der Waals surface area contributed by atoms with E-state index in [9.17, 15) is 9.59 Å². The standard InChI is InChI=1S/C20H19NO3S/c1-13-8-10-15(11-9-13)25-14(2)19(22)21-12-17(20(23)24-3)16-6-4-5-7-18(16)21/h4-12,14H,1-3H3/t14-/m1/s1. The molecule has 3 rings (SSSR count). The fourth-order valence-corrected chi connectivity index (χ4v) is 3.62. The highest BCUT2D eigenvalue weighted by atomic mass is 32.2. The second-order valence-electron chi connectivity index (χ2n) is 5.83. The van der Waals surface area contributed by atoms with E-state index in [0.29, 0.717) is 11.1 Å². The lowest BCUT2D eigenvalue weighted by atomic mass is 10.2. The van der Waals surface area contributed by atoms with E-state index >= 15 is 0 Å². The molecular formula is C20H19NO3S. The first-order chi connectivity index (χ1) is 12.0. The van der Waals surface area contributed by atoms with Gasteiger partial charge >= 0.3 is 5.97 Å². The summed E-state index contributed by atoms with van der Waals surface area (Å²) in [7, 11) is 1.34. The highest BCUT2D eigenvalue weighted by Gasteiger charge is 2.22. The van der Waals surface area contributed by atoms with Gasteiger partial charge in [0.25, 0.3) is 0 Å². The molecule has 0 spiro atoms. The summed E-state index contributed by atoms with van der Waals surface area (Å²) in [5, 5.41) is 0.430. The zero-order valence-corrected chi connectivity index (χ0v) is 15.2. The molecule has 0 aliphatic rings.